The number of esters is 1. The Morgan fingerprint density at radius 2 is 1.39 bits per heavy atom. The largest absolute Gasteiger partial charge is 0.458 e. The Kier molecular flexibility index (Phi) is 11.5. The Bertz CT molecular complexity index is 1190. The summed E-state index contributed by atoms with van der Waals surface area (Å²) in [6, 6.07) is 12.9. The van der Waals surface area contributed by atoms with Gasteiger partial charge in [0.2, 0.25) is 11.8 Å². The van der Waals surface area contributed by atoms with E-state index < -0.39 is 47.2 Å². The van der Waals surface area contributed by atoms with Crippen LogP contribution in [0.3, 0.4) is 0 Å². The zero-order chi connectivity index (χ0) is 31.0. The van der Waals surface area contributed by atoms with Crippen molar-refractivity contribution in [3.63, 3.8) is 0 Å². The number of carbonyl (C=O) groups is 4. The maximum Gasteiger partial charge on any atom is 0.408 e. The molecule has 2 rings (SSSR count). The number of aryl methyl sites for hydroxylation is 2. The third kappa shape index (κ3) is 10.6. The van der Waals surface area contributed by atoms with Crippen molar-refractivity contribution in [3.8, 4) is 0 Å². The molecule has 0 heterocycles. The highest BCUT2D eigenvalue weighted by Gasteiger charge is 2.36. The summed E-state index contributed by atoms with van der Waals surface area (Å²) in [6.45, 7) is 15.8. The number of alkyl carbamates (subject to hydrolysis) is 1. The summed E-state index contributed by atoms with van der Waals surface area (Å²) in [5, 5.41) is 5.37. The highest BCUT2D eigenvalue weighted by atomic mass is 16.6. The maximum atomic E-state index is 14.1. The van der Waals surface area contributed by atoms with Crippen LogP contribution in [0.4, 0.5) is 4.79 Å². The van der Waals surface area contributed by atoms with Gasteiger partial charge in [-0.25, -0.2) is 9.59 Å². The van der Waals surface area contributed by atoms with Crippen molar-refractivity contribution in [2.75, 3.05) is 13.1 Å². The zero-order valence-corrected chi connectivity index (χ0v) is 25.8. The van der Waals surface area contributed by atoms with Crippen molar-refractivity contribution in [1.29, 1.82) is 0 Å². The van der Waals surface area contributed by atoms with Gasteiger partial charge in [0.25, 0.3) is 0 Å². The molecular formula is C32H45N3O6. The summed E-state index contributed by atoms with van der Waals surface area (Å²) < 4.78 is 10.9. The van der Waals surface area contributed by atoms with Crippen LogP contribution < -0.4 is 10.6 Å². The van der Waals surface area contributed by atoms with Crippen LogP contribution in [0.25, 0.3) is 0 Å². The summed E-state index contributed by atoms with van der Waals surface area (Å²) in [5.41, 5.74) is 1.63. The lowest BCUT2D eigenvalue weighted by molar-refractivity contribution is -0.159. The number of hydrogen-bond acceptors (Lipinski definition) is 6. The van der Waals surface area contributed by atoms with Crippen molar-refractivity contribution in [2.24, 2.45) is 0 Å². The van der Waals surface area contributed by atoms with Gasteiger partial charge < -0.3 is 25.0 Å². The van der Waals surface area contributed by atoms with Gasteiger partial charge in [0.15, 0.2) is 0 Å². The predicted molar refractivity (Wildman–Crippen MR) is 158 cm³/mol. The normalized spacial score (nSPS) is 13.0. The third-order valence-corrected chi connectivity index (χ3v) is 6.11. The fraction of sp³-hybridized carbons (Fsp3) is 0.500. The number of nitrogens with one attached hydrogen (secondary N) is 2. The molecule has 0 aliphatic heterocycles. The molecule has 2 N–H and O–H groups in total. The molecule has 3 amide bonds. The van der Waals surface area contributed by atoms with Crippen LogP contribution in [0.2, 0.25) is 0 Å². The molecule has 9 nitrogen and oxygen atoms in total. The fourth-order valence-electron chi connectivity index (χ4n) is 4.42. The number of likely N-dealkylation sites (N-methyl/N-ethyl adjacent to an activating group) is 1. The van der Waals surface area contributed by atoms with E-state index in [4.69, 9.17) is 9.47 Å². The molecule has 0 spiro atoms. The minimum Gasteiger partial charge on any atom is -0.458 e. The van der Waals surface area contributed by atoms with E-state index in [1.54, 1.807) is 48.5 Å². The average molecular weight is 568 g/mol. The smallest absolute Gasteiger partial charge is 0.408 e. The first-order valence-electron chi connectivity index (χ1n) is 13.9. The van der Waals surface area contributed by atoms with Crippen molar-refractivity contribution in [2.45, 2.75) is 92.0 Å². The lowest BCUT2D eigenvalue weighted by Gasteiger charge is -2.34. The van der Waals surface area contributed by atoms with E-state index in [-0.39, 0.29) is 19.5 Å². The summed E-state index contributed by atoms with van der Waals surface area (Å²) >= 11 is 0. The Morgan fingerprint density at radius 3 is 1.90 bits per heavy atom. The molecule has 2 unspecified atom stereocenters. The number of ether oxygens (including phenoxy) is 2. The summed E-state index contributed by atoms with van der Waals surface area (Å²) in [5.74, 6) is -1.57. The zero-order valence-electron chi connectivity index (χ0n) is 25.8. The second kappa shape index (κ2) is 14.1. The van der Waals surface area contributed by atoms with Gasteiger partial charge >= 0.3 is 12.1 Å². The monoisotopic (exact) mass is 567 g/mol. The fourth-order valence-corrected chi connectivity index (χ4v) is 4.42. The molecule has 2 atom stereocenters. The van der Waals surface area contributed by atoms with E-state index in [0.717, 1.165) is 16.7 Å². The Hall–Kier alpha value is -3.88. The number of carbonyl (C=O) groups excluding carboxylic acids is 4. The summed E-state index contributed by atoms with van der Waals surface area (Å²) in [4.78, 5) is 54.5. The van der Waals surface area contributed by atoms with E-state index in [0.29, 0.717) is 5.56 Å². The van der Waals surface area contributed by atoms with Gasteiger partial charge in [0.05, 0.1) is 0 Å². The Labute approximate surface area is 244 Å². The molecular weight excluding hydrogens is 522 g/mol. The molecule has 0 radical (unpaired) electrons. The van der Waals surface area contributed by atoms with Crippen molar-refractivity contribution >= 4 is 23.9 Å². The van der Waals surface area contributed by atoms with E-state index in [9.17, 15) is 19.2 Å². The first-order valence-corrected chi connectivity index (χ1v) is 13.9. The van der Waals surface area contributed by atoms with Crippen LogP contribution in [0.15, 0.2) is 48.5 Å². The van der Waals surface area contributed by atoms with Gasteiger partial charge in [-0.15, -0.1) is 0 Å². The molecule has 0 saturated heterocycles. The molecule has 9 heteroatoms. The second-order valence-corrected chi connectivity index (χ2v) is 12.0. The molecule has 0 aliphatic carbocycles. The SMILES string of the molecule is CCN(C(=O)CNC(=O)OC(C)(C)C)C(C(=O)NC(Cc1ccccc1)C(=O)OC(C)(C)C)c1c(C)cccc1C. The summed E-state index contributed by atoms with van der Waals surface area (Å²) in [6.07, 6.45) is -0.524. The first-order chi connectivity index (χ1) is 19.0. The quantitative estimate of drug-likeness (QED) is 0.399. The van der Waals surface area contributed by atoms with Crippen molar-refractivity contribution < 1.29 is 28.7 Å². The number of nitrogens with zero attached hydrogens (tertiary/aromatic N) is 1. The Morgan fingerprint density at radius 1 is 0.829 bits per heavy atom. The average Bonchev–Trinajstić information content (AvgIpc) is 2.85. The Balaban J connectivity index is 2.45. The molecule has 0 bridgehead atoms. The number of hydrogen-bond donors (Lipinski definition) is 2. The van der Waals surface area contributed by atoms with E-state index in [2.05, 4.69) is 10.6 Å². The summed E-state index contributed by atoms with van der Waals surface area (Å²) in [7, 11) is 0. The van der Waals surface area contributed by atoms with Gasteiger partial charge in [-0.2, -0.15) is 0 Å². The van der Waals surface area contributed by atoms with Gasteiger partial charge in [-0.1, -0.05) is 48.5 Å². The van der Waals surface area contributed by atoms with Gasteiger partial charge in [0.1, 0.15) is 29.8 Å². The van der Waals surface area contributed by atoms with Gasteiger partial charge in [-0.05, 0) is 84.6 Å². The number of rotatable bonds is 10. The second-order valence-electron chi connectivity index (χ2n) is 12.0. The lowest BCUT2D eigenvalue weighted by atomic mass is 9.93. The van der Waals surface area contributed by atoms with E-state index >= 15 is 0 Å². The van der Waals surface area contributed by atoms with Crippen molar-refractivity contribution in [3.05, 3.63) is 70.8 Å². The van der Waals surface area contributed by atoms with Crippen molar-refractivity contribution in [1.82, 2.24) is 15.5 Å². The molecule has 0 aromatic heterocycles. The standard InChI is InChI=1S/C32H45N3O6/c1-10-35(25(36)20-33-30(39)41-32(7,8)9)27(26-21(2)15-14-16-22(26)3)28(37)34-24(29(38)40-31(4,5)6)19-23-17-12-11-13-18-23/h11-18,24,27H,10,19-20H2,1-9H3,(H,33,39)(H,34,37). The third-order valence-electron chi connectivity index (χ3n) is 6.11. The molecule has 0 aliphatic rings. The first kappa shape index (κ1) is 33.3. The lowest BCUT2D eigenvalue weighted by Crippen LogP contribution is -2.52. The topological polar surface area (TPSA) is 114 Å². The molecule has 0 saturated carbocycles. The minimum atomic E-state index is -1.06. The molecule has 0 fully saturated rings. The van der Waals surface area contributed by atoms with Crippen LogP contribution in [0.1, 0.15) is 76.8 Å². The van der Waals surface area contributed by atoms with E-state index in [1.165, 1.54) is 4.90 Å². The molecule has 2 aromatic carbocycles. The highest BCUT2D eigenvalue weighted by molar-refractivity contribution is 5.93. The predicted octanol–water partition coefficient (Wildman–Crippen LogP) is 4.79. The molecule has 41 heavy (non-hydrogen) atoms. The van der Waals surface area contributed by atoms with Crippen LogP contribution in [0, 0.1) is 13.8 Å². The molecule has 2 aromatic rings. The van der Waals surface area contributed by atoms with Gasteiger partial charge in [0, 0.05) is 13.0 Å². The van der Waals surface area contributed by atoms with Crippen LogP contribution in [-0.2, 0) is 30.3 Å². The molecule has 224 valence electrons. The van der Waals surface area contributed by atoms with Crippen LogP contribution >= 0.6 is 0 Å². The van der Waals surface area contributed by atoms with Gasteiger partial charge in [-0.3, -0.25) is 9.59 Å². The minimum absolute atomic E-state index is 0.177. The number of amides is 3. The van der Waals surface area contributed by atoms with Crippen LogP contribution in [-0.4, -0.2) is 59.1 Å². The maximum absolute atomic E-state index is 14.1. The van der Waals surface area contributed by atoms with Crippen LogP contribution in [0.5, 0.6) is 0 Å². The van der Waals surface area contributed by atoms with E-state index in [1.807, 2.05) is 62.4 Å². The highest BCUT2D eigenvalue weighted by Crippen LogP contribution is 2.28. The number of benzene rings is 2.